The predicted molar refractivity (Wildman–Crippen MR) is 99.5 cm³/mol. The van der Waals surface area contributed by atoms with Crippen molar-refractivity contribution in [3.63, 3.8) is 0 Å². The topological polar surface area (TPSA) is 72.5 Å². The molecule has 0 bridgehead atoms. The summed E-state index contributed by atoms with van der Waals surface area (Å²) in [6.45, 7) is 0. The predicted octanol–water partition coefficient (Wildman–Crippen LogP) is 3.62. The Hall–Kier alpha value is -3.19. The second-order valence-corrected chi connectivity index (χ2v) is 7.35. The van der Waals surface area contributed by atoms with Crippen LogP contribution in [0.3, 0.4) is 0 Å². The van der Waals surface area contributed by atoms with Crippen LogP contribution in [0.25, 0.3) is 11.1 Å². The van der Waals surface area contributed by atoms with Crippen molar-refractivity contribution < 1.29 is 22.3 Å². The number of hydrogen-bond donors (Lipinski definition) is 1. The lowest BCUT2D eigenvalue weighted by molar-refractivity contribution is 0.0981. The van der Waals surface area contributed by atoms with E-state index < -0.39 is 21.7 Å². The largest absolute Gasteiger partial charge is 0.496 e. The molecule has 7 heteroatoms. The number of benzene rings is 3. The molecule has 0 radical (unpaired) electrons. The van der Waals surface area contributed by atoms with E-state index in [0.29, 0.717) is 11.3 Å². The van der Waals surface area contributed by atoms with Crippen LogP contribution in [0.1, 0.15) is 10.4 Å². The molecule has 0 fully saturated rings. The highest BCUT2D eigenvalue weighted by atomic mass is 32.2. The molecule has 0 atom stereocenters. The van der Waals surface area contributed by atoms with E-state index in [-0.39, 0.29) is 10.5 Å². The number of hydrogen-bond acceptors (Lipinski definition) is 4. The maximum absolute atomic E-state index is 13.0. The summed E-state index contributed by atoms with van der Waals surface area (Å²) < 4.78 is 44.9. The average Bonchev–Trinajstić information content (AvgIpc) is 2.68. The van der Waals surface area contributed by atoms with Crippen LogP contribution >= 0.6 is 0 Å². The van der Waals surface area contributed by atoms with Gasteiger partial charge in [0.1, 0.15) is 11.6 Å². The average molecular weight is 385 g/mol. The lowest BCUT2D eigenvalue weighted by atomic mass is 10.0. The van der Waals surface area contributed by atoms with Crippen LogP contribution in [0.5, 0.6) is 5.75 Å². The van der Waals surface area contributed by atoms with Gasteiger partial charge in [-0.1, -0.05) is 30.3 Å². The van der Waals surface area contributed by atoms with Crippen LogP contribution < -0.4 is 9.46 Å². The summed E-state index contributed by atoms with van der Waals surface area (Å²) in [6.07, 6.45) is 0. The number of nitrogens with one attached hydrogen (secondary N) is 1. The molecule has 1 N–H and O–H groups in total. The molecule has 138 valence electrons. The summed E-state index contributed by atoms with van der Waals surface area (Å²) in [5.74, 6) is -0.713. The van der Waals surface area contributed by atoms with Gasteiger partial charge in [-0.2, -0.15) is 0 Å². The van der Waals surface area contributed by atoms with Gasteiger partial charge in [-0.3, -0.25) is 4.79 Å². The van der Waals surface area contributed by atoms with Gasteiger partial charge in [0.25, 0.3) is 15.9 Å². The van der Waals surface area contributed by atoms with Crippen molar-refractivity contribution in [2.45, 2.75) is 4.90 Å². The van der Waals surface area contributed by atoms with Gasteiger partial charge in [0.05, 0.1) is 12.0 Å². The van der Waals surface area contributed by atoms with Crippen molar-refractivity contribution in [1.82, 2.24) is 4.72 Å². The maximum Gasteiger partial charge on any atom is 0.265 e. The van der Waals surface area contributed by atoms with Gasteiger partial charge in [0.2, 0.25) is 0 Å². The van der Waals surface area contributed by atoms with Crippen molar-refractivity contribution in [3.8, 4) is 16.9 Å². The summed E-state index contributed by atoms with van der Waals surface area (Å²) in [7, 11) is -2.56. The Balaban J connectivity index is 1.89. The van der Waals surface area contributed by atoms with Crippen molar-refractivity contribution in [1.29, 1.82) is 0 Å². The normalized spacial score (nSPS) is 11.0. The molecule has 0 saturated heterocycles. The number of carbonyl (C=O) groups is 1. The molecule has 0 aliphatic heterocycles. The van der Waals surface area contributed by atoms with Gasteiger partial charge in [-0.15, -0.1) is 0 Å². The second-order valence-electron chi connectivity index (χ2n) is 5.67. The minimum Gasteiger partial charge on any atom is -0.496 e. The van der Waals surface area contributed by atoms with E-state index in [0.717, 1.165) is 29.8 Å². The Bertz CT molecular complexity index is 1080. The third kappa shape index (κ3) is 4.15. The number of halogens is 1. The fourth-order valence-electron chi connectivity index (χ4n) is 2.56. The molecule has 0 aromatic heterocycles. The van der Waals surface area contributed by atoms with Crippen LogP contribution in [0, 0.1) is 5.82 Å². The molecular formula is C20H16FNO4S. The van der Waals surface area contributed by atoms with E-state index in [1.54, 1.807) is 31.4 Å². The van der Waals surface area contributed by atoms with Gasteiger partial charge in [-0.05, 0) is 48.0 Å². The second kappa shape index (κ2) is 7.59. The van der Waals surface area contributed by atoms with E-state index in [1.165, 1.54) is 6.07 Å². The molecule has 0 unspecified atom stereocenters. The third-order valence-electron chi connectivity index (χ3n) is 3.89. The van der Waals surface area contributed by atoms with Crippen LogP contribution in [0.2, 0.25) is 0 Å². The molecule has 0 aliphatic rings. The van der Waals surface area contributed by atoms with Crippen molar-refractivity contribution >= 4 is 15.9 Å². The smallest absolute Gasteiger partial charge is 0.265 e. The van der Waals surface area contributed by atoms with Crippen LogP contribution in [-0.2, 0) is 10.0 Å². The zero-order chi connectivity index (χ0) is 19.4. The fourth-order valence-corrected chi connectivity index (χ4v) is 3.54. The maximum atomic E-state index is 13.0. The molecule has 0 saturated carbocycles. The van der Waals surface area contributed by atoms with Gasteiger partial charge in [-0.25, -0.2) is 17.5 Å². The van der Waals surface area contributed by atoms with Crippen LogP contribution in [0.4, 0.5) is 4.39 Å². The highest BCUT2D eigenvalue weighted by molar-refractivity contribution is 7.90. The Morgan fingerprint density at radius 1 is 0.963 bits per heavy atom. The molecule has 0 aliphatic carbocycles. The highest BCUT2D eigenvalue weighted by Gasteiger charge is 2.19. The standard InChI is InChI=1S/C20H16FNO4S/c1-26-19-8-3-2-7-18(19)14-5-4-6-15(13-14)20(23)22-27(24,25)17-11-9-16(21)10-12-17/h2-13H,1H3,(H,22,23). The lowest BCUT2D eigenvalue weighted by Crippen LogP contribution is -2.30. The molecule has 3 aromatic rings. The van der Waals surface area contributed by atoms with Gasteiger partial charge in [0.15, 0.2) is 0 Å². The molecular weight excluding hydrogens is 369 g/mol. The molecule has 3 rings (SSSR count). The Labute approximate surface area is 156 Å². The zero-order valence-corrected chi connectivity index (χ0v) is 15.2. The Kier molecular flexibility index (Phi) is 5.23. The molecule has 0 spiro atoms. The summed E-state index contributed by atoms with van der Waals surface area (Å²) in [6, 6.07) is 18.0. The first-order valence-electron chi connectivity index (χ1n) is 7.97. The van der Waals surface area contributed by atoms with E-state index in [9.17, 15) is 17.6 Å². The molecule has 0 heterocycles. The zero-order valence-electron chi connectivity index (χ0n) is 14.3. The van der Waals surface area contributed by atoms with E-state index in [4.69, 9.17) is 4.74 Å². The number of para-hydroxylation sites is 1. The first kappa shape index (κ1) is 18.6. The van der Waals surface area contributed by atoms with E-state index in [2.05, 4.69) is 0 Å². The summed E-state index contributed by atoms with van der Waals surface area (Å²) in [4.78, 5) is 12.2. The third-order valence-corrected chi connectivity index (χ3v) is 5.24. The van der Waals surface area contributed by atoms with E-state index in [1.807, 2.05) is 22.9 Å². The van der Waals surface area contributed by atoms with Gasteiger partial charge in [0, 0.05) is 11.1 Å². The lowest BCUT2D eigenvalue weighted by Gasteiger charge is -2.10. The Morgan fingerprint density at radius 2 is 1.67 bits per heavy atom. The highest BCUT2D eigenvalue weighted by Crippen LogP contribution is 2.30. The first-order valence-corrected chi connectivity index (χ1v) is 9.45. The van der Waals surface area contributed by atoms with Gasteiger partial charge < -0.3 is 4.74 Å². The molecule has 5 nitrogen and oxygen atoms in total. The monoisotopic (exact) mass is 385 g/mol. The van der Waals surface area contributed by atoms with Crippen LogP contribution in [-0.4, -0.2) is 21.4 Å². The minimum atomic E-state index is -4.11. The number of methoxy groups -OCH3 is 1. The molecule has 3 aromatic carbocycles. The molecule has 27 heavy (non-hydrogen) atoms. The SMILES string of the molecule is COc1ccccc1-c1cccc(C(=O)NS(=O)(=O)c2ccc(F)cc2)c1. The van der Waals surface area contributed by atoms with Crippen molar-refractivity contribution in [3.05, 3.63) is 84.2 Å². The van der Waals surface area contributed by atoms with Crippen molar-refractivity contribution in [2.24, 2.45) is 0 Å². The first-order chi connectivity index (χ1) is 12.9. The van der Waals surface area contributed by atoms with E-state index >= 15 is 0 Å². The number of sulfonamides is 1. The number of rotatable bonds is 5. The minimum absolute atomic E-state index is 0.170. The Morgan fingerprint density at radius 3 is 2.37 bits per heavy atom. The number of carbonyl (C=O) groups excluding carboxylic acids is 1. The summed E-state index contributed by atoms with van der Waals surface area (Å²) >= 11 is 0. The quantitative estimate of drug-likeness (QED) is 0.728. The fraction of sp³-hybridized carbons (Fsp3) is 0.0500. The van der Waals surface area contributed by atoms with Gasteiger partial charge >= 0.3 is 0 Å². The summed E-state index contributed by atoms with van der Waals surface area (Å²) in [5.41, 5.74) is 1.65. The van der Waals surface area contributed by atoms with Crippen LogP contribution in [0.15, 0.2) is 77.7 Å². The number of amides is 1. The molecule has 1 amide bonds. The summed E-state index contributed by atoms with van der Waals surface area (Å²) in [5, 5.41) is 0. The number of ether oxygens (including phenoxy) is 1. The van der Waals surface area contributed by atoms with Crippen molar-refractivity contribution in [2.75, 3.05) is 7.11 Å².